The van der Waals surface area contributed by atoms with Crippen molar-refractivity contribution in [2.45, 2.75) is 20.4 Å². The molecule has 2 aromatic heterocycles. The second kappa shape index (κ2) is 9.31. The van der Waals surface area contributed by atoms with Crippen LogP contribution in [0.25, 0.3) is 0 Å². The molecule has 3 nitrogen and oxygen atoms in total. The molecular formula is C15H21N3. The lowest BCUT2D eigenvalue weighted by Gasteiger charge is -2.17. The van der Waals surface area contributed by atoms with Gasteiger partial charge in [-0.1, -0.05) is 19.9 Å². The fourth-order valence-electron chi connectivity index (χ4n) is 1.51. The summed E-state index contributed by atoms with van der Waals surface area (Å²) >= 11 is 0. The van der Waals surface area contributed by atoms with E-state index in [0.717, 1.165) is 19.6 Å². The lowest BCUT2D eigenvalue weighted by Crippen LogP contribution is -2.21. The lowest BCUT2D eigenvalue weighted by atomic mass is 10.2. The number of nitrogens with zero attached hydrogens (tertiary/aromatic N) is 3. The molecule has 0 aliphatic heterocycles. The van der Waals surface area contributed by atoms with Crippen molar-refractivity contribution in [1.29, 1.82) is 0 Å². The zero-order valence-electron chi connectivity index (χ0n) is 11.2. The first-order chi connectivity index (χ1) is 8.86. The standard InChI is InChI=1S/C10H16N2.C5H5N/c1-3-12(4-2)9-10-5-7-11-8-6-10;1-2-4-6-5-3-1/h5-8H,3-4,9H2,1-2H3;1-5H. The van der Waals surface area contributed by atoms with E-state index in [9.17, 15) is 0 Å². The SMILES string of the molecule is CCN(CC)Cc1ccncc1.c1ccncc1. The Morgan fingerprint density at radius 3 is 1.78 bits per heavy atom. The van der Waals surface area contributed by atoms with Crippen molar-refractivity contribution in [2.75, 3.05) is 13.1 Å². The normalized spacial score (nSPS) is 9.72. The first-order valence-electron chi connectivity index (χ1n) is 6.33. The second-order valence-electron chi connectivity index (χ2n) is 3.84. The third-order valence-corrected chi connectivity index (χ3v) is 2.62. The highest BCUT2D eigenvalue weighted by atomic mass is 15.1. The Hall–Kier alpha value is -1.74. The summed E-state index contributed by atoms with van der Waals surface area (Å²) in [6.45, 7) is 7.63. The number of pyridine rings is 2. The molecule has 0 radical (unpaired) electrons. The van der Waals surface area contributed by atoms with E-state index >= 15 is 0 Å². The summed E-state index contributed by atoms with van der Waals surface area (Å²) in [6, 6.07) is 9.85. The molecule has 0 saturated heterocycles. The van der Waals surface area contributed by atoms with Crippen LogP contribution in [-0.4, -0.2) is 28.0 Å². The predicted molar refractivity (Wildman–Crippen MR) is 75.1 cm³/mol. The summed E-state index contributed by atoms with van der Waals surface area (Å²) in [6.07, 6.45) is 7.19. The van der Waals surface area contributed by atoms with E-state index in [4.69, 9.17) is 0 Å². The molecule has 96 valence electrons. The Bertz CT molecular complexity index is 358. The number of rotatable bonds is 4. The summed E-state index contributed by atoms with van der Waals surface area (Å²) in [7, 11) is 0. The molecule has 0 aliphatic rings. The minimum absolute atomic E-state index is 1.04. The van der Waals surface area contributed by atoms with Gasteiger partial charge in [-0.2, -0.15) is 0 Å². The highest BCUT2D eigenvalue weighted by Gasteiger charge is 1.98. The van der Waals surface area contributed by atoms with Gasteiger partial charge in [0.15, 0.2) is 0 Å². The quantitative estimate of drug-likeness (QED) is 0.826. The Morgan fingerprint density at radius 2 is 1.39 bits per heavy atom. The van der Waals surface area contributed by atoms with Gasteiger partial charge in [0.25, 0.3) is 0 Å². The van der Waals surface area contributed by atoms with Crippen molar-refractivity contribution < 1.29 is 0 Å². The van der Waals surface area contributed by atoms with Crippen molar-refractivity contribution in [3.63, 3.8) is 0 Å². The van der Waals surface area contributed by atoms with Crippen LogP contribution in [0.3, 0.4) is 0 Å². The monoisotopic (exact) mass is 243 g/mol. The third-order valence-electron chi connectivity index (χ3n) is 2.62. The maximum absolute atomic E-state index is 3.99. The minimum atomic E-state index is 1.04. The zero-order chi connectivity index (χ0) is 13.1. The van der Waals surface area contributed by atoms with Gasteiger partial charge in [0.1, 0.15) is 0 Å². The molecule has 0 aliphatic carbocycles. The van der Waals surface area contributed by atoms with Crippen LogP contribution in [0.1, 0.15) is 19.4 Å². The van der Waals surface area contributed by atoms with Gasteiger partial charge >= 0.3 is 0 Å². The molecule has 18 heavy (non-hydrogen) atoms. The van der Waals surface area contributed by atoms with Crippen molar-refractivity contribution in [1.82, 2.24) is 14.9 Å². The molecule has 0 bridgehead atoms. The molecule has 0 N–H and O–H groups in total. The van der Waals surface area contributed by atoms with Crippen molar-refractivity contribution in [3.05, 3.63) is 60.7 Å². The van der Waals surface area contributed by atoms with Gasteiger partial charge in [-0.15, -0.1) is 0 Å². The van der Waals surface area contributed by atoms with Gasteiger partial charge in [-0.05, 0) is 42.9 Å². The fraction of sp³-hybridized carbons (Fsp3) is 0.333. The van der Waals surface area contributed by atoms with E-state index in [0.29, 0.717) is 0 Å². The van der Waals surface area contributed by atoms with E-state index in [1.807, 2.05) is 30.6 Å². The van der Waals surface area contributed by atoms with Gasteiger partial charge in [0, 0.05) is 31.3 Å². The van der Waals surface area contributed by atoms with E-state index in [-0.39, 0.29) is 0 Å². The van der Waals surface area contributed by atoms with Crippen LogP contribution in [0.15, 0.2) is 55.1 Å². The lowest BCUT2D eigenvalue weighted by molar-refractivity contribution is 0.296. The zero-order valence-corrected chi connectivity index (χ0v) is 11.2. The van der Waals surface area contributed by atoms with Crippen LogP contribution in [0, 0.1) is 0 Å². The molecule has 0 unspecified atom stereocenters. The number of aromatic nitrogens is 2. The van der Waals surface area contributed by atoms with Gasteiger partial charge in [-0.25, -0.2) is 0 Å². The minimum Gasteiger partial charge on any atom is -0.300 e. The fourth-order valence-corrected chi connectivity index (χ4v) is 1.51. The molecule has 2 heterocycles. The molecule has 0 spiro atoms. The Balaban J connectivity index is 0.000000225. The maximum atomic E-state index is 3.99. The Labute approximate surface area is 110 Å². The third kappa shape index (κ3) is 6.11. The van der Waals surface area contributed by atoms with Crippen molar-refractivity contribution in [3.8, 4) is 0 Å². The molecular weight excluding hydrogens is 222 g/mol. The average molecular weight is 243 g/mol. The highest BCUT2D eigenvalue weighted by molar-refractivity contribution is 5.09. The summed E-state index contributed by atoms with van der Waals surface area (Å²) in [5, 5.41) is 0. The summed E-state index contributed by atoms with van der Waals surface area (Å²) < 4.78 is 0. The van der Waals surface area contributed by atoms with E-state index < -0.39 is 0 Å². The van der Waals surface area contributed by atoms with Crippen LogP contribution in [-0.2, 0) is 6.54 Å². The Kier molecular flexibility index (Phi) is 7.40. The van der Waals surface area contributed by atoms with Gasteiger partial charge in [0.05, 0.1) is 0 Å². The molecule has 0 atom stereocenters. The van der Waals surface area contributed by atoms with Crippen molar-refractivity contribution in [2.24, 2.45) is 0 Å². The predicted octanol–water partition coefficient (Wildman–Crippen LogP) is 3.01. The molecule has 2 rings (SSSR count). The summed E-state index contributed by atoms with van der Waals surface area (Å²) in [5.74, 6) is 0. The molecule has 0 saturated carbocycles. The van der Waals surface area contributed by atoms with Crippen LogP contribution in [0.4, 0.5) is 0 Å². The van der Waals surface area contributed by atoms with Crippen LogP contribution in [0.5, 0.6) is 0 Å². The maximum Gasteiger partial charge on any atom is 0.0271 e. The first-order valence-corrected chi connectivity index (χ1v) is 6.33. The van der Waals surface area contributed by atoms with E-state index in [1.54, 1.807) is 12.4 Å². The Morgan fingerprint density at radius 1 is 0.833 bits per heavy atom. The van der Waals surface area contributed by atoms with Gasteiger partial charge in [0.2, 0.25) is 0 Å². The highest BCUT2D eigenvalue weighted by Crippen LogP contribution is 2.01. The topological polar surface area (TPSA) is 29.0 Å². The van der Waals surface area contributed by atoms with E-state index in [2.05, 4.69) is 40.8 Å². The van der Waals surface area contributed by atoms with Crippen LogP contribution < -0.4 is 0 Å². The second-order valence-corrected chi connectivity index (χ2v) is 3.84. The average Bonchev–Trinajstić information content (AvgIpc) is 2.48. The largest absolute Gasteiger partial charge is 0.300 e. The molecule has 3 heteroatoms. The smallest absolute Gasteiger partial charge is 0.0271 e. The van der Waals surface area contributed by atoms with Gasteiger partial charge < -0.3 is 0 Å². The van der Waals surface area contributed by atoms with Crippen molar-refractivity contribution >= 4 is 0 Å². The summed E-state index contributed by atoms with van der Waals surface area (Å²) in [4.78, 5) is 10.2. The van der Waals surface area contributed by atoms with E-state index in [1.165, 1.54) is 5.56 Å². The van der Waals surface area contributed by atoms with Gasteiger partial charge in [-0.3, -0.25) is 14.9 Å². The van der Waals surface area contributed by atoms with Crippen LogP contribution in [0.2, 0.25) is 0 Å². The first kappa shape index (κ1) is 14.3. The number of hydrogen-bond acceptors (Lipinski definition) is 3. The molecule has 0 aromatic carbocycles. The molecule has 0 fully saturated rings. The summed E-state index contributed by atoms with van der Waals surface area (Å²) in [5.41, 5.74) is 1.34. The number of hydrogen-bond donors (Lipinski definition) is 0. The molecule has 2 aromatic rings. The molecule has 0 amide bonds. The van der Waals surface area contributed by atoms with Crippen LogP contribution >= 0.6 is 0 Å².